The Balaban J connectivity index is 0.000000849. The van der Waals surface area contributed by atoms with Crippen molar-refractivity contribution in [3.05, 3.63) is 58.0 Å². The number of benzene rings is 1. The first-order valence-electron chi connectivity index (χ1n) is 7.99. The van der Waals surface area contributed by atoms with Crippen LogP contribution < -0.4 is 5.73 Å². The summed E-state index contributed by atoms with van der Waals surface area (Å²) in [6.07, 6.45) is 9.21. The summed E-state index contributed by atoms with van der Waals surface area (Å²) in [4.78, 5) is 10.7. The van der Waals surface area contributed by atoms with Crippen LogP contribution in [-0.2, 0) is 11.2 Å². The standard InChI is InChI=1S/C16H18N2O2.C2H6.CH4/c17-10-16-14-7-6-13(18-19)8-12(14)9-15(20-16)11-4-2-1-3-5-11;1-2;/h1-2,4,6-8,15-16H,3,5,9-10,17H2;1-2H3;1H4. The summed E-state index contributed by atoms with van der Waals surface area (Å²) in [5.41, 5.74) is 9.83. The number of nitroso groups, excluding NO2 is 1. The van der Waals surface area contributed by atoms with Gasteiger partial charge >= 0.3 is 0 Å². The van der Waals surface area contributed by atoms with E-state index in [0.717, 1.165) is 30.4 Å². The molecule has 0 saturated carbocycles. The monoisotopic (exact) mass is 316 g/mol. The predicted octanol–water partition coefficient (Wildman–Crippen LogP) is 4.96. The van der Waals surface area contributed by atoms with Crippen LogP contribution in [0.25, 0.3) is 0 Å². The third kappa shape index (κ3) is 4.36. The number of nitrogens with zero attached hydrogens (tertiary/aromatic N) is 1. The van der Waals surface area contributed by atoms with Gasteiger partial charge in [-0.1, -0.05) is 45.6 Å². The molecule has 0 saturated heterocycles. The number of fused-ring (bicyclic) bond motifs is 1. The Morgan fingerprint density at radius 2 is 2.13 bits per heavy atom. The van der Waals surface area contributed by atoms with Gasteiger partial charge < -0.3 is 10.5 Å². The number of hydrogen-bond donors (Lipinski definition) is 1. The molecule has 1 heterocycles. The predicted molar refractivity (Wildman–Crippen MR) is 96.8 cm³/mol. The fraction of sp³-hybridized carbons (Fsp3) is 0.474. The molecule has 2 aliphatic rings. The number of allylic oxidation sites excluding steroid dienone is 3. The summed E-state index contributed by atoms with van der Waals surface area (Å²) in [6, 6.07) is 5.50. The molecule has 126 valence electrons. The maximum absolute atomic E-state index is 10.7. The largest absolute Gasteiger partial charge is 0.364 e. The van der Waals surface area contributed by atoms with Gasteiger partial charge in [0.2, 0.25) is 0 Å². The van der Waals surface area contributed by atoms with E-state index in [1.165, 1.54) is 5.57 Å². The highest BCUT2D eigenvalue weighted by molar-refractivity contribution is 5.46. The Labute approximate surface area is 139 Å². The highest BCUT2D eigenvalue weighted by Gasteiger charge is 2.29. The SMILES string of the molecule is C.CC.NCC1OC(C2=CC=CCC2)Cc2cc(N=O)ccc21. The molecule has 3 rings (SSSR count). The first-order chi connectivity index (χ1) is 10.8. The van der Waals surface area contributed by atoms with E-state index in [1.807, 2.05) is 26.0 Å². The molecular weight excluding hydrogens is 288 g/mol. The zero-order valence-corrected chi connectivity index (χ0v) is 13.3. The molecule has 1 aliphatic heterocycles. The van der Waals surface area contributed by atoms with Crippen LogP contribution in [0.15, 0.2) is 47.2 Å². The molecule has 2 N–H and O–H groups in total. The number of hydrogen-bond acceptors (Lipinski definition) is 4. The lowest BCUT2D eigenvalue weighted by molar-refractivity contribution is -0.00232. The summed E-state index contributed by atoms with van der Waals surface area (Å²) < 4.78 is 6.14. The van der Waals surface area contributed by atoms with E-state index < -0.39 is 0 Å². The topological polar surface area (TPSA) is 64.7 Å². The van der Waals surface area contributed by atoms with Gasteiger partial charge in [-0.25, -0.2) is 0 Å². The minimum absolute atomic E-state index is 0. The third-order valence-electron chi connectivity index (χ3n) is 3.99. The van der Waals surface area contributed by atoms with Gasteiger partial charge in [-0.2, -0.15) is 0 Å². The van der Waals surface area contributed by atoms with Gasteiger partial charge in [0.05, 0.1) is 12.2 Å². The van der Waals surface area contributed by atoms with Gasteiger partial charge in [-0.15, -0.1) is 4.91 Å². The van der Waals surface area contributed by atoms with Gasteiger partial charge in [-0.3, -0.25) is 0 Å². The van der Waals surface area contributed by atoms with Crippen molar-refractivity contribution in [2.24, 2.45) is 10.9 Å². The average Bonchev–Trinajstić information content (AvgIpc) is 2.62. The highest BCUT2D eigenvalue weighted by Crippen LogP contribution is 2.35. The van der Waals surface area contributed by atoms with Crippen molar-refractivity contribution in [3.8, 4) is 0 Å². The van der Waals surface area contributed by atoms with Crippen LogP contribution >= 0.6 is 0 Å². The zero-order valence-electron chi connectivity index (χ0n) is 13.3. The van der Waals surface area contributed by atoms with Crippen LogP contribution in [0.3, 0.4) is 0 Å². The van der Waals surface area contributed by atoms with Crippen LogP contribution in [0.2, 0.25) is 0 Å². The quantitative estimate of drug-likeness (QED) is 0.801. The molecular formula is C19H28N2O2. The van der Waals surface area contributed by atoms with Crippen molar-refractivity contribution in [1.29, 1.82) is 0 Å². The van der Waals surface area contributed by atoms with E-state index in [0.29, 0.717) is 12.2 Å². The zero-order chi connectivity index (χ0) is 15.9. The van der Waals surface area contributed by atoms with Crippen LogP contribution in [0.4, 0.5) is 5.69 Å². The van der Waals surface area contributed by atoms with E-state index in [1.54, 1.807) is 6.07 Å². The Hall–Kier alpha value is -1.78. The second-order valence-electron chi connectivity index (χ2n) is 5.24. The number of rotatable bonds is 3. The Morgan fingerprint density at radius 3 is 2.74 bits per heavy atom. The molecule has 1 aromatic carbocycles. The van der Waals surface area contributed by atoms with Crippen molar-refractivity contribution >= 4 is 5.69 Å². The molecule has 2 atom stereocenters. The molecule has 0 fully saturated rings. The summed E-state index contributed by atoms with van der Waals surface area (Å²) in [7, 11) is 0. The average molecular weight is 316 g/mol. The Kier molecular flexibility index (Phi) is 7.86. The number of ether oxygens (including phenoxy) is 1. The van der Waals surface area contributed by atoms with Crippen molar-refractivity contribution in [1.82, 2.24) is 0 Å². The van der Waals surface area contributed by atoms with E-state index >= 15 is 0 Å². The molecule has 0 radical (unpaired) electrons. The number of nitrogens with two attached hydrogens (primary N) is 1. The molecule has 23 heavy (non-hydrogen) atoms. The lowest BCUT2D eigenvalue weighted by atomic mass is 9.88. The first kappa shape index (κ1) is 19.3. The van der Waals surface area contributed by atoms with Crippen LogP contribution in [0, 0.1) is 4.91 Å². The van der Waals surface area contributed by atoms with E-state index in [2.05, 4.69) is 23.4 Å². The van der Waals surface area contributed by atoms with Crippen LogP contribution in [-0.4, -0.2) is 12.6 Å². The normalized spacial score (nSPS) is 22.0. The molecule has 0 spiro atoms. The Bertz CT molecular complexity index is 579. The summed E-state index contributed by atoms with van der Waals surface area (Å²) in [6.45, 7) is 4.44. The molecule has 4 heteroatoms. The fourth-order valence-corrected chi connectivity index (χ4v) is 2.95. The van der Waals surface area contributed by atoms with E-state index in [9.17, 15) is 4.91 Å². The molecule has 0 aromatic heterocycles. The molecule has 2 unspecified atom stereocenters. The molecule has 1 aliphatic carbocycles. The molecule has 0 bridgehead atoms. The van der Waals surface area contributed by atoms with Crippen molar-refractivity contribution in [3.63, 3.8) is 0 Å². The van der Waals surface area contributed by atoms with Gasteiger partial charge in [0.25, 0.3) is 0 Å². The second-order valence-corrected chi connectivity index (χ2v) is 5.24. The summed E-state index contributed by atoms with van der Waals surface area (Å²) in [5, 5.41) is 3.02. The Morgan fingerprint density at radius 1 is 1.35 bits per heavy atom. The smallest absolute Gasteiger partial charge is 0.108 e. The van der Waals surface area contributed by atoms with Crippen molar-refractivity contribution in [2.75, 3.05) is 6.54 Å². The summed E-state index contributed by atoms with van der Waals surface area (Å²) in [5.74, 6) is 0. The van der Waals surface area contributed by atoms with E-state index in [-0.39, 0.29) is 19.6 Å². The van der Waals surface area contributed by atoms with Crippen molar-refractivity contribution in [2.45, 2.75) is 52.7 Å². The highest BCUT2D eigenvalue weighted by atomic mass is 16.5. The van der Waals surface area contributed by atoms with E-state index in [4.69, 9.17) is 10.5 Å². The van der Waals surface area contributed by atoms with Gasteiger partial charge in [-0.05, 0) is 46.9 Å². The lowest BCUT2D eigenvalue weighted by Crippen LogP contribution is -2.31. The van der Waals surface area contributed by atoms with Crippen molar-refractivity contribution < 1.29 is 4.74 Å². The third-order valence-corrected chi connectivity index (χ3v) is 3.99. The lowest BCUT2D eigenvalue weighted by Gasteiger charge is -2.33. The molecule has 1 aromatic rings. The van der Waals surface area contributed by atoms with Gasteiger partial charge in [0.15, 0.2) is 0 Å². The maximum Gasteiger partial charge on any atom is 0.108 e. The minimum atomic E-state index is -0.101. The van der Waals surface area contributed by atoms with Crippen LogP contribution in [0.1, 0.15) is 51.3 Å². The van der Waals surface area contributed by atoms with Gasteiger partial charge in [0, 0.05) is 13.0 Å². The van der Waals surface area contributed by atoms with Gasteiger partial charge in [0.1, 0.15) is 5.69 Å². The maximum atomic E-state index is 10.7. The molecule has 4 nitrogen and oxygen atoms in total. The fourth-order valence-electron chi connectivity index (χ4n) is 2.95. The first-order valence-corrected chi connectivity index (χ1v) is 7.99. The summed E-state index contributed by atoms with van der Waals surface area (Å²) >= 11 is 0. The molecule has 0 amide bonds. The minimum Gasteiger partial charge on any atom is -0.364 e. The van der Waals surface area contributed by atoms with Crippen LogP contribution in [0.5, 0.6) is 0 Å². The second kappa shape index (κ2) is 9.38.